The maximum absolute atomic E-state index is 12.4. The second-order valence-electron chi connectivity index (χ2n) is 6.65. The molecule has 154 valence electrons. The van der Waals surface area contributed by atoms with Crippen LogP contribution < -0.4 is 5.32 Å². The minimum absolute atomic E-state index is 0.0613. The van der Waals surface area contributed by atoms with Crippen molar-refractivity contribution in [1.82, 2.24) is 25.0 Å². The van der Waals surface area contributed by atoms with Crippen molar-refractivity contribution in [1.29, 1.82) is 0 Å². The molecule has 1 saturated heterocycles. The number of imide groups is 1. The summed E-state index contributed by atoms with van der Waals surface area (Å²) >= 11 is 13.6. The third-order valence-electron chi connectivity index (χ3n) is 4.63. The molecule has 0 bridgehead atoms. The quantitative estimate of drug-likeness (QED) is 0.576. The highest BCUT2D eigenvalue weighted by molar-refractivity contribution is 7.99. The van der Waals surface area contributed by atoms with Gasteiger partial charge in [0.15, 0.2) is 11.0 Å². The van der Waals surface area contributed by atoms with E-state index in [4.69, 9.17) is 23.2 Å². The van der Waals surface area contributed by atoms with Crippen LogP contribution in [0.15, 0.2) is 47.6 Å². The first-order valence-electron chi connectivity index (χ1n) is 9.13. The molecule has 3 amide bonds. The van der Waals surface area contributed by atoms with Crippen LogP contribution in [0.2, 0.25) is 10.0 Å². The van der Waals surface area contributed by atoms with Gasteiger partial charge < -0.3 is 5.32 Å². The standard InChI is InChI=1S/C20H17Cl2N5O2S/c1-12-2-7-15(10-16(12)22)27-18(13-3-5-14(21)6-4-13)24-25-20(27)30-11-17(28)26-9-8-23-19(26)29/h2-7,10H,8-9,11H2,1H3,(H,23,29). The van der Waals surface area contributed by atoms with Gasteiger partial charge in [-0.2, -0.15) is 0 Å². The predicted octanol–water partition coefficient (Wildman–Crippen LogP) is 4.19. The van der Waals surface area contributed by atoms with Crippen molar-refractivity contribution in [3.05, 3.63) is 58.1 Å². The molecule has 0 unspecified atom stereocenters. The Morgan fingerprint density at radius 1 is 1.17 bits per heavy atom. The maximum Gasteiger partial charge on any atom is 0.324 e. The molecule has 7 nitrogen and oxygen atoms in total. The molecule has 0 radical (unpaired) electrons. The summed E-state index contributed by atoms with van der Waals surface area (Å²) in [7, 11) is 0. The second-order valence-corrected chi connectivity index (χ2v) is 8.43. The van der Waals surface area contributed by atoms with Crippen molar-refractivity contribution in [3.63, 3.8) is 0 Å². The summed E-state index contributed by atoms with van der Waals surface area (Å²) in [6, 6.07) is 12.6. The van der Waals surface area contributed by atoms with Crippen LogP contribution in [0.1, 0.15) is 5.56 Å². The monoisotopic (exact) mass is 461 g/mol. The lowest BCUT2D eigenvalue weighted by molar-refractivity contribution is -0.124. The molecule has 1 fully saturated rings. The van der Waals surface area contributed by atoms with Gasteiger partial charge in [0.25, 0.3) is 0 Å². The highest BCUT2D eigenvalue weighted by atomic mass is 35.5. The fraction of sp³-hybridized carbons (Fsp3) is 0.200. The molecule has 1 aliphatic rings. The van der Waals surface area contributed by atoms with E-state index in [0.717, 1.165) is 16.8 Å². The van der Waals surface area contributed by atoms with Gasteiger partial charge >= 0.3 is 6.03 Å². The Labute approximate surface area is 187 Å². The fourth-order valence-electron chi connectivity index (χ4n) is 3.02. The first-order valence-corrected chi connectivity index (χ1v) is 10.9. The summed E-state index contributed by atoms with van der Waals surface area (Å²) < 4.78 is 1.84. The van der Waals surface area contributed by atoms with E-state index in [9.17, 15) is 9.59 Å². The van der Waals surface area contributed by atoms with Crippen LogP contribution in [0.5, 0.6) is 0 Å². The number of hydrogen-bond donors (Lipinski definition) is 1. The number of carbonyl (C=O) groups excluding carboxylic acids is 2. The van der Waals surface area contributed by atoms with E-state index in [1.807, 2.05) is 41.8 Å². The maximum atomic E-state index is 12.4. The van der Waals surface area contributed by atoms with Gasteiger partial charge in [-0.25, -0.2) is 4.79 Å². The summed E-state index contributed by atoms with van der Waals surface area (Å²) in [5.74, 6) is 0.381. The van der Waals surface area contributed by atoms with E-state index in [1.54, 1.807) is 12.1 Å². The van der Waals surface area contributed by atoms with Crippen molar-refractivity contribution in [2.75, 3.05) is 18.8 Å². The SMILES string of the molecule is Cc1ccc(-n2c(SCC(=O)N3CCNC3=O)nnc2-c2ccc(Cl)cc2)cc1Cl. The summed E-state index contributed by atoms with van der Waals surface area (Å²) in [6.07, 6.45) is 0. The van der Waals surface area contributed by atoms with Crippen molar-refractivity contribution in [2.45, 2.75) is 12.1 Å². The average molecular weight is 462 g/mol. The molecule has 4 rings (SSSR count). The van der Waals surface area contributed by atoms with Crippen LogP contribution >= 0.6 is 35.0 Å². The van der Waals surface area contributed by atoms with Gasteiger partial charge in [-0.1, -0.05) is 41.0 Å². The number of thioether (sulfide) groups is 1. The van der Waals surface area contributed by atoms with Crippen molar-refractivity contribution >= 4 is 46.9 Å². The molecule has 1 aliphatic heterocycles. The molecular formula is C20H17Cl2N5O2S. The molecule has 1 aromatic heterocycles. The van der Waals surface area contributed by atoms with Crippen LogP contribution in [-0.4, -0.2) is 50.4 Å². The number of amides is 3. The Morgan fingerprint density at radius 2 is 1.93 bits per heavy atom. The minimum atomic E-state index is -0.366. The molecule has 0 aliphatic carbocycles. The van der Waals surface area contributed by atoms with E-state index in [0.29, 0.717) is 34.1 Å². The van der Waals surface area contributed by atoms with E-state index in [2.05, 4.69) is 15.5 Å². The molecule has 0 atom stereocenters. The highest BCUT2D eigenvalue weighted by Gasteiger charge is 2.27. The van der Waals surface area contributed by atoms with Gasteiger partial charge in [0.2, 0.25) is 5.91 Å². The summed E-state index contributed by atoms with van der Waals surface area (Å²) in [6.45, 7) is 2.76. The Balaban J connectivity index is 1.69. The zero-order valence-corrected chi connectivity index (χ0v) is 18.3. The zero-order valence-electron chi connectivity index (χ0n) is 15.9. The first kappa shape index (κ1) is 20.7. The van der Waals surface area contributed by atoms with E-state index in [1.165, 1.54) is 16.7 Å². The predicted molar refractivity (Wildman–Crippen MR) is 117 cm³/mol. The van der Waals surface area contributed by atoms with Crippen LogP contribution in [0.25, 0.3) is 17.1 Å². The number of halogens is 2. The number of benzene rings is 2. The van der Waals surface area contributed by atoms with Crippen LogP contribution in [-0.2, 0) is 4.79 Å². The summed E-state index contributed by atoms with van der Waals surface area (Å²) in [4.78, 5) is 25.4. The molecule has 0 spiro atoms. The Morgan fingerprint density at radius 3 is 2.60 bits per heavy atom. The van der Waals surface area contributed by atoms with Gasteiger partial charge in [0.05, 0.1) is 11.4 Å². The average Bonchev–Trinajstić information content (AvgIpc) is 3.35. The third-order valence-corrected chi connectivity index (χ3v) is 6.20. The van der Waals surface area contributed by atoms with Gasteiger partial charge in [-0.05, 0) is 48.9 Å². The number of carbonyl (C=O) groups is 2. The number of rotatable bonds is 5. The number of nitrogens with one attached hydrogen (secondary N) is 1. The lowest BCUT2D eigenvalue weighted by Gasteiger charge is -2.13. The van der Waals surface area contributed by atoms with Crippen LogP contribution in [0.3, 0.4) is 0 Å². The van der Waals surface area contributed by atoms with Gasteiger partial charge in [-0.3, -0.25) is 14.3 Å². The summed E-state index contributed by atoms with van der Waals surface area (Å²) in [5, 5.41) is 13.0. The normalized spacial score (nSPS) is 13.6. The van der Waals surface area contributed by atoms with E-state index < -0.39 is 0 Å². The number of aromatic nitrogens is 3. The van der Waals surface area contributed by atoms with Gasteiger partial charge in [0, 0.05) is 28.7 Å². The molecule has 2 heterocycles. The number of urea groups is 1. The molecule has 0 saturated carbocycles. The molecule has 10 heteroatoms. The van der Waals surface area contributed by atoms with Crippen molar-refractivity contribution in [2.24, 2.45) is 0 Å². The Kier molecular flexibility index (Phi) is 5.99. The van der Waals surface area contributed by atoms with Gasteiger partial charge in [-0.15, -0.1) is 10.2 Å². The zero-order chi connectivity index (χ0) is 21.3. The molecular weight excluding hydrogens is 445 g/mol. The molecule has 2 aromatic carbocycles. The topological polar surface area (TPSA) is 80.1 Å². The van der Waals surface area contributed by atoms with E-state index >= 15 is 0 Å². The smallest absolute Gasteiger partial charge is 0.324 e. The van der Waals surface area contributed by atoms with Crippen LogP contribution in [0.4, 0.5) is 4.79 Å². The largest absolute Gasteiger partial charge is 0.336 e. The fourth-order valence-corrected chi connectivity index (χ4v) is 4.15. The first-order chi connectivity index (χ1) is 14.4. The number of hydrogen-bond acceptors (Lipinski definition) is 5. The lowest BCUT2D eigenvalue weighted by Crippen LogP contribution is -2.35. The summed E-state index contributed by atoms with van der Waals surface area (Å²) in [5.41, 5.74) is 2.54. The van der Waals surface area contributed by atoms with Gasteiger partial charge in [0.1, 0.15) is 0 Å². The molecule has 3 aromatic rings. The van der Waals surface area contributed by atoms with Crippen LogP contribution in [0, 0.1) is 6.92 Å². The minimum Gasteiger partial charge on any atom is -0.336 e. The van der Waals surface area contributed by atoms with Crippen molar-refractivity contribution < 1.29 is 9.59 Å². The second kappa shape index (κ2) is 8.67. The van der Waals surface area contributed by atoms with E-state index in [-0.39, 0.29) is 17.7 Å². The molecule has 1 N–H and O–H groups in total. The Bertz CT molecular complexity index is 1120. The third kappa shape index (κ3) is 4.16. The molecule has 30 heavy (non-hydrogen) atoms. The Hall–Kier alpha value is -2.55. The number of nitrogens with zero attached hydrogens (tertiary/aromatic N) is 4. The lowest BCUT2D eigenvalue weighted by atomic mass is 10.2. The van der Waals surface area contributed by atoms with Crippen molar-refractivity contribution in [3.8, 4) is 17.1 Å². The highest BCUT2D eigenvalue weighted by Crippen LogP contribution is 2.30. The number of aryl methyl sites for hydroxylation is 1.